The molecule has 3 rings (SSSR count). The summed E-state index contributed by atoms with van der Waals surface area (Å²) in [6, 6.07) is -0.0392. The third-order valence-electron chi connectivity index (χ3n) is 5.76. The van der Waals surface area contributed by atoms with Crippen molar-refractivity contribution in [3.63, 3.8) is 0 Å². The zero-order chi connectivity index (χ0) is 20.1. The van der Waals surface area contributed by atoms with Gasteiger partial charge in [0.1, 0.15) is 5.02 Å². The maximum absolute atomic E-state index is 12.7. The zero-order valence-electron chi connectivity index (χ0n) is 16.5. The molecule has 1 unspecified atom stereocenters. The highest BCUT2D eigenvalue weighted by Gasteiger charge is 2.30. The van der Waals surface area contributed by atoms with Crippen LogP contribution < -0.4 is 10.9 Å². The molecule has 1 aliphatic heterocycles. The topological polar surface area (TPSA) is 85.7 Å². The van der Waals surface area contributed by atoms with E-state index in [2.05, 4.69) is 10.4 Å². The maximum atomic E-state index is 12.7. The summed E-state index contributed by atoms with van der Waals surface area (Å²) >= 11 is 6.33. The minimum atomic E-state index is -0.282. The van der Waals surface area contributed by atoms with Gasteiger partial charge in [0.15, 0.2) is 0 Å². The lowest BCUT2D eigenvalue weighted by molar-refractivity contribution is -0.174. The number of hydroxylamine groups is 2. The van der Waals surface area contributed by atoms with E-state index in [0.29, 0.717) is 43.8 Å². The number of anilines is 1. The number of nitrogens with one attached hydrogen (secondary N) is 1. The molecule has 1 N–H and O–H groups in total. The van der Waals surface area contributed by atoms with Gasteiger partial charge in [-0.25, -0.2) is 9.75 Å². The van der Waals surface area contributed by atoms with E-state index in [-0.39, 0.29) is 28.4 Å². The fourth-order valence-electron chi connectivity index (χ4n) is 3.97. The van der Waals surface area contributed by atoms with E-state index in [1.165, 1.54) is 16.9 Å². The Balaban J connectivity index is 1.60. The Hall–Kier alpha value is -1.64. The van der Waals surface area contributed by atoms with Crippen LogP contribution in [-0.4, -0.2) is 54.7 Å². The molecule has 9 heteroatoms. The Labute approximate surface area is 170 Å². The van der Waals surface area contributed by atoms with Gasteiger partial charge in [0.05, 0.1) is 31.6 Å². The van der Waals surface area contributed by atoms with E-state index in [1.807, 2.05) is 0 Å². The van der Waals surface area contributed by atoms with E-state index >= 15 is 0 Å². The molecule has 0 radical (unpaired) electrons. The van der Waals surface area contributed by atoms with Crippen LogP contribution in [0, 0.1) is 11.8 Å². The fraction of sp³-hybridized carbons (Fsp3) is 0.737. The summed E-state index contributed by atoms with van der Waals surface area (Å²) in [6.45, 7) is 2.27. The number of carbonyl (C=O) groups excluding carboxylic acids is 1. The van der Waals surface area contributed by atoms with Gasteiger partial charge in [-0.1, -0.05) is 11.6 Å². The molecule has 1 saturated carbocycles. The van der Waals surface area contributed by atoms with Crippen LogP contribution in [0.15, 0.2) is 11.0 Å². The summed E-state index contributed by atoms with van der Waals surface area (Å²) in [6.07, 6.45) is 6.62. The quantitative estimate of drug-likeness (QED) is 0.722. The predicted molar refractivity (Wildman–Crippen MR) is 106 cm³/mol. The van der Waals surface area contributed by atoms with Gasteiger partial charge in [-0.15, -0.1) is 0 Å². The van der Waals surface area contributed by atoms with Gasteiger partial charge in [-0.2, -0.15) is 5.10 Å². The van der Waals surface area contributed by atoms with Crippen molar-refractivity contribution in [3.8, 4) is 0 Å². The number of aromatic nitrogens is 2. The minimum absolute atomic E-state index is 0.0227. The fourth-order valence-corrected chi connectivity index (χ4v) is 4.17. The van der Waals surface area contributed by atoms with Gasteiger partial charge in [0, 0.05) is 26.1 Å². The molecule has 1 aromatic heterocycles. The molecular weight excluding hydrogens is 384 g/mol. The normalized spacial score (nSPS) is 25.3. The van der Waals surface area contributed by atoms with Gasteiger partial charge >= 0.3 is 0 Å². The van der Waals surface area contributed by atoms with Crippen molar-refractivity contribution >= 4 is 23.2 Å². The first kappa shape index (κ1) is 21.1. The average molecular weight is 413 g/mol. The Kier molecular flexibility index (Phi) is 7.31. The van der Waals surface area contributed by atoms with E-state index in [9.17, 15) is 9.59 Å². The molecule has 1 aromatic rings. The number of hydrogen-bond acceptors (Lipinski definition) is 6. The molecule has 0 spiro atoms. The van der Waals surface area contributed by atoms with Gasteiger partial charge in [0.25, 0.3) is 5.56 Å². The number of halogens is 1. The number of hydrogen-bond donors (Lipinski definition) is 1. The molecular formula is C19H29ClN4O4. The number of carbonyl (C=O) groups is 1. The van der Waals surface area contributed by atoms with Crippen LogP contribution in [0.4, 0.5) is 5.69 Å². The van der Waals surface area contributed by atoms with Crippen LogP contribution in [-0.2, 0) is 14.4 Å². The second-order valence-corrected chi connectivity index (χ2v) is 7.99. The van der Waals surface area contributed by atoms with Gasteiger partial charge in [0.2, 0.25) is 5.91 Å². The van der Waals surface area contributed by atoms with E-state index < -0.39 is 0 Å². The largest absolute Gasteiger partial charge is 0.382 e. The molecule has 28 heavy (non-hydrogen) atoms. The Morgan fingerprint density at radius 3 is 2.79 bits per heavy atom. The Morgan fingerprint density at radius 2 is 2.14 bits per heavy atom. The smallest absolute Gasteiger partial charge is 0.287 e. The standard InChI is InChI=1S/C19H29ClN4O4/c1-23(27-2)18(25)14-5-7-15(8-6-14)24-19(26)17(20)16(11-22-24)21-10-13-4-3-9-28-12-13/h11,13-15,21H,3-10,12H2,1-2H3/t13?,14-,15-. The first-order chi connectivity index (χ1) is 13.5. The summed E-state index contributed by atoms with van der Waals surface area (Å²) in [5.74, 6) is 0.321. The van der Waals surface area contributed by atoms with Crippen molar-refractivity contribution in [2.24, 2.45) is 11.8 Å². The molecule has 156 valence electrons. The zero-order valence-corrected chi connectivity index (χ0v) is 17.3. The van der Waals surface area contributed by atoms with E-state index in [4.69, 9.17) is 21.2 Å². The molecule has 1 saturated heterocycles. The highest BCUT2D eigenvalue weighted by Crippen LogP contribution is 2.32. The second-order valence-electron chi connectivity index (χ2n) is 7.61. The van der Waals surface area contributed by atoms with Crippen molar-refractivity contribution in [2.75, 3.05) is 39.2 Å². The van der Waals surface area contributed by atoms with Crippen molar-refractivity contribution in [2.45, 2.75) is 44.6 Å². The minimum Gasteiger partial charge on any atom is -0.382 e. The maximum Gasteiger partial charge on any atom is 0.287 e. The third-order valence-corrected chi connectivity index (χ3v) is 6.12. The molecule has 2 heterocycles. The monoisotopic (exact) mass is 412 g/mol. The predicted octanol–water partition coefficient (Wildman–Crippen LogP) is 2.49. The average Bonchev–Trinajstić information content (AvgIpc) is 2.74. The summed E-state index contributed by atoms with van der Waals surface area (Å²) in [5, 5.41) is 9.03. The summed E-state index contributed by atoms with van der Waals surface area (Å²) < 4.78 is 6.95. The van der Waals surface area contributed by atoms with E-state index in [0.717, 1.165) is 26.1 Å². The molecule has 1 atom stereocenters. The Bertz CT molecular complexity index is 727. The molecule has 8 nitrogen and oxygen atoms in total. The Morgan fingerprint density at radius 1 is 1.39 bits per heavy atom. The molecule has 1 aliphatic carbocycles. The first-order valence-corrected chi connectivity index (χ1v) is 10.3. The first-order valence-electron chi connectivity index (χ1n) is 9.91. The number of rotatable bonds is 6. The van der Waals surface area contributed by atoms with Crippen molar-refractivity contribution < 1.29 is 14.4 Å². The number of amides is 1. The van der Waals surface area contributed by atoms with Gasteiger partial charge < -0.3 is 10.1 Å². The lowest BCUT2D eigenvalue weighted by atomic mass is 9.85. The lowest BCUT2D eigenvalue weighted by Gasteiger charge is -2.30. The third kappa shape index (κ3) is 4.85. The molecule has 0 bridgehead atoms. The summed E-state index contributed by atoms with van der Waals surface area (Å²) in [7, 11) is 3.09. The van der Waals surface area contributed by atoms with Crippen molar-refractivity contribution in [1.82, 2.24) is 14.8 Å². The highest BCUT2D eigenvalue weighted by molar-refractivity contribution is 6.32. The van der Waals surface area contributed by atoms with Gasteiger partial charge in [-0.05, 0) is 44.4 Å². The summed E-state index contributed by atoms with van der Waals surface area (Å²) in [5.41, 5.74) is 0.287. The van der Waals surface area contributed by atoms with Crippen LogP contribution in [0.25, 0.3) is 0 Å². The van der Waals surface area contributed by atoms with Crippen LogP contribution in [0.1, 0.15) is 44.6 Å². The number of nitrogens with zero attached hydrogens (tertiary/aromatic N) is 3. The molecule has 2 fully saturated rings. The van der Waals surface area contributed by atoms with Crippen LogP contribution in [0.5, 0.6) is 0 Å². The van der Waals surface area contributed by atoms with Crippen LogP contribution >= 0.6 is 11.6 Å². The number of ether oxygens (including phenoxy) is 1. The summed E-state index contributed by atoms with van der Waals surface area (Å²) in [4.78, 5) is 29.9. The molecule has 0 aromatic carbocycles. The van der Waals surface area contributed by atoms with Crippen LogP contribution in [0.3, 0.4) is 0 Å². The van der Waals surface area contributed by atoms with Crippen molar-refractivity contribution in [1.29, 1.82) is 0 Å². The lowest BCUT2D eigenvalue weighted by Crippen LogP contribution is -2.36. The van der Waals surface area contributed by atoms with Crippen molar-refractivity contribution in [3.05, 3.63) is 21.6 Å². The highest BCUT2D eigenvalue weighted by atomic mass is 35.5. The SMILES string of the molecule is CON(C)C(=O)[C@H]1CC[C@H](n2ncc(NCC3CCCOC3)c(Cl)c2=O)CC1. The second kappa shape index (κ2) is 9.71. The molecule has 1 amide bonds. The van der Waals surface area contributed by atoms with Crippen LogP contribution in [0.2, 0.25) is 5.02 Å². The van der Waals surface area contributed by atoms with E-state index in [1.54, 1.807) is 13.2 Å². The molecule has 2 aliphatic rings. The van der Waals surface area contributed by atoms with Gasteiger partial charge in [-0.3, -0.25) is 14.4 Å².